The minimum atomic E-state index is -0.646. The van der Waals surface area contributed by atoms with Crippen LogP contribution in [0.3, 0.4) is 0 Å². The van der Waals surface area contributed by atoms with Gasteiger partial charge in [-0.05, 0) is 32.8 Å². The van der Waals surface area contributed by atoms with Crippen molar-refractivity contribution in [2.24, 2.45) is 0 Å². The van der Waals surface area contributed by atoms with Crippen molar-refractivity contribution in [3.05, 3.63) is 35.9 Å². The highest BCUT2D eigenvalue weighted by atomic mass is 16.7. The number of carbonyl (C=O) groups excluding carboxylic acids is 2. The van der Waals surface area contributed by atoms with Gasteiger partial charge in [0.25, 0.3) is 0 Å². The van der Waals surface area contributed by atoms with Gasteiger partial charge in [0.1, 0.15) is 12.2 Å². The standard InChI is InChI=1S/C16H24N2O5/c1-16(2,3)23-15(20)18-22-11-7-10-17-14(19)21-12-13-8-5-4-6-9-13/h4-6,8-9H,7,10-12H2,1-3H3,(H,17,19)(H,18,20). The van der Waals surface area contributed by atoms with Crippen molar-refractivity contribution >= 4 is 12.2 Å². The molecule has 128 valence electrons. The van der Waals surface area contributed by atoms with Crippen molar-refractivity contribution in [1.82, 2.24) is 10.8 Å². The summed E-state index contributed by atoms with van der Waals surface area (Å²) in [6.07, 6.45) is -0.613. The van der Waals surface area contributed by atoms with Crippen LogP contribution in [-0.4, -0.2) is 30.9 Å². The zero-order valence-corrected chi connectivity index (χ0v) is 13.8. The van der Waals surface area contributed by atoms with Gasteiger partial charge in [0.05, 0.1) is 6.61 Å². The molecule has 1 aromatic rings. The van der Waals surface area contributed by atoms with Gasteiger partial charge in [-0.3, -0.25) is 4.84 Å². The molecule has 0 bridgehead atoms. The fourth-order valence-electron chi connectivity index (χ4n) is 1.52. The average molecular weight is 324 g/mol. The molecule has 0 saturated carbocycles. The molecule has 0 saturated heterocycles. The molecule has 0 heterocycles. The maximum absolute atomic E-state index is 11.5. The van der Waals surface area contributed by atoms with Crippen LogP contribution in [0.2, 0.25) is 0 Å². The Morgan fingerprint density at radius 1 is 1.09 bits per heavy atom. The number of hydrogen-bond donors (Lipinski definition) is 2. The van der Waals surface area contributed by atoms with E-state index in [1.165, 1.54) is 0 Å². The SMILES string of the molecule is CC(C)(C)OC(=O)NOCCCNC(=O)OCc1ccccc1. The molecule has 2 N–H and O–H groups in total. The second-order valence-corrected chi connectivity index (χ2v) is 5.79. The predicted molar refractivity (Wildman–Crippen MR) is 84.6 cm³/mol. The van der Waals surface area contributed by atoms with E-state index in [9.17, 15) is 9.59 Å². The Morgan fingerprint density at radius 2 is 1.78 bits per heavy atom. The van der Waals surface area contributed by atoms with Gasteiger partial charge in [0, 0.05) is 6.54 Å². The molecule has 0 atom stereocenters. The molecule has 7 heteroatoms. The number of hydroxylamine groups is 1. The Balaban J connectivity index is 2.00. The highest BCUT2D eigenvalue weighted by Gasteiger charge is 2.15. The van der Waals surface area contributed by atoms with Crippen molar-refractivity contribution in [1.29, 1.82) is 0 Å². The van der Waals surface area contributed by atoms with E-state index in [1.54, 1.807) is 20.8 Å². The van der Waals surface area contributed by atoms with Gasteiger partial charge in [-0.1, -0.05) is 30.3 Å². The fraction of sp³-hybridized carbons (Fsp3) is 0.500. The lowest BCUT2D eigenvalue weighted by Gasteiger charge is -2.19. The molecule has 0 aromatic heterocycles. The highest BCUT2D eigenvalue weighted by molar-refractivity contribution is 5.67. The van der Waals surface area contributed by atoms with Gasteiger partial charge in [-0.2, -0.15) is 5.48 Å². The first kappa shape index (κ1) is 18.8. The molecule has 0 spiro atoms. The number of ether oxygens (including phenoxy) is 2. The Kier molecular flexibility index (Phi) is 7.90. The molecule has 0 radical (unpaired) electrons. The van der Waals surface area contributed by atoms with Crippen LogP contribution < -0.4 is 10.8 Å². The summed E-state index contributed by atoms with van der Waals surface area (Å²) in [6, 6.07) is 9.42. The van der Waals surface area contributed by atoms with Gasteiger partial charge in [0.15, 0.2) is 0 Å². The van der Waals surface area contributed by atoms with Crippen molar-refractivity contribution in [2.45, 2.75) is 39.4 Å². The van der Waals surface area contributed by atoms with E-state index in [1.807, 2.05) is 30.3 Å². The number of nitrogens with one attached hydrogen (secondary N) is 2. The highest BCUT2D eigenvalue weighted by Crippen LogP contribution is 2.06. The van der Waals surface area contributed by atoms with E-state index in [2.05, 4.69) is 10.8 Å². The molecule has 0 aliphatic carbocycles. The van der Waals surface area contributed by atoms with Crippen LogP contribution in [0.25, 0.3) is 0 Å². The Labute approximate surface area is 136 Å². The van der Waals surface area contributed by atoms with Crippen LogP contribution in [0.5, 0.6) is 0 Å². The first-order valence-electron chi connectivity index (χ1n) is 7.42. The second kappa shape index (κ2) is 9.68. The number of carbonyl (C=O) groups is 2. The van der Waals surface area contributed by atoms with Crippen LogP contribution in [0.4, 0.5) is 9.59 Å². The molecular formula is C16H24N2O5. The van der Waals surface area contributed by atoms with Gasteiger partial charge in [0.2, 0.25) is 0 Å². The Bertz CT molecular complexity index is 485. The molecule has 2 amide bonds. The summed E-state index contributed by atoms with van der Waals surface area (Å²) in [5.41, 5.74) is 2.52. The Hall–Kier alpha value is -2.28. The maximum atomic E-state index is 11.5. The molecule has 0 aliphatic heterocycles. The number of hydrogen-bond acceptors (Lipinski definition) is 5. The van der Waals surface area contributed by atoms with E-state index in [0.29, 0.717) is 13.0 Å². The minimum Gasteiger partial charge on any atom is -0.445 e. The summed E-state index contributed by atoms with van der Waals surface area (Å²) in [6.45, 7) is 6.14. The van der Waals surface area contributed by atoms with Crippen molar-refractivity contribution in [3.8, 4) is 0 Å². The van der Waals surface area contributed by atoms with Crippen molar-refractivity contribution in [2.75, 3.05) is 13.2 Å². The van der Waals surface area contributed by atoms with E-state index in [-0.39, 0.29) is 13.2 Å². The topological polar surface area (TPSA) is 85.9 Å². The summed E-state index contributed by atoms with van der Waals surface area (Å²) in [4.78, 5) is 27.7. The minimum absolute atomic E-state index is 0.226. The number of amides is 2. The summed E-state index contributed by atoms with van der Waals surface area (Å²) in [5, 5.41) is 2.59. The summed E-state index contributed by atoms with van der Waals surface area (Å²) in [5.74, 6) is 0. The van der Waals surface area contributed by atoms with Crippen LogP contribution in [0, 0.1) is 0 Å². The fourth-order valence-corrected chi connectivity index (χ4v) is 1.52. The van der Waals surface area contributed by atoms with Gasteiger partial charge in [-0.15, -0.1) is 0 Å². The molecule has 1 rings (SSSR count). The van der Waals surface area contributed by atoms with Crippen molar-refractivity contribution in [3.63, 3.8) is 0 Å². The van der Waals surface area contributed by atoms with Crippen molar-refractivity contribution < 1.29 is 23.9 Å². The van der Waals surface area contributed by atoms with E-state index < -0.39 is 17.8 Å². The van der Waals surface area contributed by atoms with Crippen LogP contribution in [-0.2, 0) is 20.9 Å². The third-order valence-corrected chi connectivity index (χ3v) is 2.46. The molecule has 7 nitrogen and oxygen atoms in total. The van der Waals surface area contributed by atoms with E-state index in [4.69, 9.17) is 14.3 Å². The smallest absolute Gasteiger partial charge is 0.431 e. The Morgan fingerprint density at radius 3 is 2.43 bits per heavy atom. The first-order chi connectivity index (χ1) is 10.9. The summed E-state index contributed by atoms with van der Waals surface area (Å²) < 4.78 is 10.0. The van der Waals surface area contributed by atoms with Gasteiger partial charge >= 0.3 is 12.2 Å². The van der Waals surface area contributed by atoms with Gasteiger partial charge in [-0.25, -0.2) is 9.59 Å². The van der Waals surface area contributed by atoms with E-state index in [0.717, 1.165) is 5.56 Å². The zero-order chi connectivity index (χ0) is 17.1. The lowest BCUT2D eigenvalue weighted by atomic mass is 10.2. The second-order valence-electron chi connectivity index (χ2n) is 5.79. The normalized spacial score (nSPS) is 10.7. The van der Waals surface area contributed by atoms with Crippen LogP contribution in [0.15, 0.2) is 30.3 Å². The monoisotopic (exact) mass is 324 g/mol. The number of alkyl carbamates (subject to hydrolysis) is 1. The first-order valence-corrected chi connectivity index (χ1v) is 7.42. The molecule has 0 unspecified atom stereocenters. The lowest BCUT2D eigenvalue weighted by molar-refractivity contribution is -0.00820. The maximum Gasteiger partial charge on any atom is 0.431 e. The van der Waals surface area contributed by atoms with Gasteiger partial charge < -0.3 is 14.8 Å². The molecular weight excluding hydrogens is 300 g/mol. The lowest BCUT2D eigenvalue weighted by Crippen LogP contribution is -2.33. The zero-order valence-electron chi connectivity index (χ0n) is 13.8. The number of rotatable bonds is 7. The molecule has 1 aromatic carbocycles. The summed E-state index contributed by atoms with van der Waals surface area (Å²) >= 11 is 0. The quantitative estimate of drug-likeness (QED) is 0.595. The molecule has 23 heavy (non-hydrogen) atoms. The molecule has 0 aliphatic rings. The largest absolute Gasteiger partial charge is 0.445 e. The van der Waals surface area contributed by atoms with Crippen LogP contribution in [0.1, 0.15) is 32.8 Å². The van der Waals surface area contributed by atoms with E-state index >= 15 is 0 Å². The molecule has 0 fully saturated rings. The number of benzene rings is 1. The predicted octanol–water partition coefficient (Wildman–Crippen LogP) is 2.76. The average Bonchev–Trinajstić information content (AvgIpc) is 2.48. The van der Waals surface area contributed by atoms with Crippen LogP contribution >= 0.6 is 0 Å². The third-order valence-electron chi connectivity index (χ3n) is 2.46. The third kappa shape index (κ3) is 10.1. The summed E-state index contributed by atoms with van der Waals surface area (Å²) in [7, 11) is 0.